The number of aryl methyl sites for hydroxylation is 1. The number of benzene rings is 1. The molecule has 0 aliphatic carbocycles. The summed E-state index contributed by atoms with van der Waals surface area (Å²) in [7, 11) is 3.42. The molecule has 1 aromatic carbocycles. The van der Waals surface area contributed by atoms with E-state index in [0.29, 0.717) is 23.3 Å². The van der Waals surface area contributed by atoms with E-state index in [0.717, 1.165) is 48.2 Å². The number of rotatable bonds is 6. The zero-order valence-corrected chi connectivity index (χ0v) is 19.3. The van der Waals surface area contributed by atoms with Gasteiger partial charge in [0, 0.05) is 56.2 Å². The van der Waals surface area contributed by atoms with Crippen LogP contribution in [0.2, 0.25) is 0 Å². The quantitative estimate of drug-likeness (QED) is 0.573. The van der Waals surface area contributed by atoms with E-state index in [-0.39, 0.29) is 19.1 Å². The maximum Gasteiger partial charge on any atom is 0.252 e. The highest BCUT2D eigenvalue weighted by Gasteiger charge is 2.29. The van der Waals surface area contributed by atoms with Crippen molar-refractivity contribution in [1.29, 1.82) is 0 Å². The number of carbonyl (C=O) groups excluding carboxylic acids is 1. The lowest BCUT2D eigenvalue weighted by Gasteiger charge is -2.34. The fourth-order valence-corrected chi connectivity index (χ4v) is 4.44. The lowest BCUT2D eigenvalue weighted by Crippen LogP contribution is -2.36. The number of ether oxygens (including phenoxy) is 2. The molecule has 1 atom stereocenters. The second-order valence-electron chi connectivity index (χ2n) is 8.68. The summed E-state index contributed by atoms with van der Waals surface area (Å²) in [6, 6.07) is 6.82. The van der Waals surface area contributed by atoms with Crippen LogP contribution in [0.15, 0.2) is 41.7 Å². The molecule has 10 nitrogen and oxygen atoms in total. The first-order valence-corrected chi connectivity index (χ1v) is 11.4. The maximum absolute atomic E-state index is 13.2. The van der Waals surface area contributed by atoms with Crippen molar-refractivity contribution < 1.29 is 19.4 Å². The number of fused-ring (bicyclic) bond motifs is 1. The maximum atomic E-state index is 13.2. The van der Waals surface area contributed by atoms with Crippen molar-refractivity contribution in [2.75, 3.05) is 43.6 Å². The Balaban J connectivity index is 1.39. The third kappa shape index (κ3) is 4.41. The monoisotopic (exact) mass is 464 g/mol. The average Bonchev–Trinajstić information content (AvgIpc) is 3.50. The summed E-state index contributed by atoms with van der Waals surface area (Å²) in [4.78, 5) is 24.0. The molecule has 0 saturated carbocycles. The van der Waals surface area contributed by atoms with Crippen molar-refractivity contribution in [2.24, 2.45) is 18.0 Å². The van der Waals surface area contributed by atoms with Crippen molar-refractivity contribution in [1.82, 2.24) is 14.8 Å². The van der Waals surface area contributed by atoms with Crippen LogP contribution < -0.4 is 15.0 Å². The Morgan fingerprint density at radius 1 is 1.29 bits per heavy atom. The van der Waals surface area contributed by atoms with E-state index >= 15 is 0 Å². The summed E-state index contributed by atoms with van der Waals surface area (Å²) in [5.41, 5.74) is 3.24. The minimum Gasteiger partial charge on any atom is -0.481 e. The number of aliphatic hydroxyl groups is 1. The van der Waals surface area contributed by atoms with Crippen LogP contribution in [0.3, 0.4) is 0 Å². The molecule has 4 heterocycles. The van der Waals surface area contributed by atoms with Gasteiger partial charge in [0.25, 0.3) is 5.91 Å². The number of hydrogen-bond acceptors (Lipinski definition) is 8. The minimum atomic E-state index is -0.660. The number of nitrogens with one attached hydrogen (secondary N) is 1. The highest BCUT2D eigenvalue weighted by Crippen LogP contribution is 2.34. The molecule has 3 aromatic rings. The minimum absolute atomic E-state index is 0.165. The lowest BCUT2D eigenvalue weighted by atomic mass is 9.97. The average molecular weight is 465 g/mol. The molecular formula is C24H28N6O4. The van der Waals surface area contributed by atoms with Crippen LogP contribution in [0, 0.1) is 5.92 Å². The SMILES string of the molecule is COc1cc(C2=NC(C(=O)Nc3cc4cn(C)nc4cc3N3CCC(CO)CC3)CO2)ccn1. The molecule has 0 bridgehead atoms. The summed E-state index contributed by atoms with van der Waals surface area (Å²) in [6.45, 7) is 2.00. The summed E-state index contributed by atoms with van der Waals surface area (Å²) in [5.74, 6) is 0.944. The Kier molecular flexibility index (Phi) is 6.06. The number of aliphatic imine (C=N–C) groups is 1. The molecule has 1 saturated heterocycles. The van der Waals surface area contributed by atoms with E-state index in [2.05, 4.69) is 25.3 Å². The number of nitrogens with zero attached hydrogens (tertiary/aromatic N) is 5. The van der Waals surface area contributed by atoms with Crippen LogP contribution in [0.25, 0.3) is 10.9 Å². The van der Waals surface area contributed by atoms with Gasteiger partial charge in [-0.1, -0.05) is 0 Å². The number of hydrogen-bond donors (Lipinski definition) is 2. The molecule has 34 heavy (non-hydrogen) atoms. The smallest absolute Gasteiger partial charge is 0.252 e. The van der Waals surface area contributed by atoms with Gasteiger partial charge in [-0.05, 0) is 37.0 Å². The Bertz CT molecular complexity index is 1230. The number of aromatic nitrogens is 3. The first kappa shape index (κ1) is 22.1. The number of anilines is 2. The number of carbonyl (C=O) groups is 1. The van der Waals surface area contributed by atoms with Gasteiger partial charge in [0.2, 0.25) is 11.8 Å². The number of aliphatic hydroxyl groups excluding tert-OH is 1. The van der Waals surface area contributed by atoms with Gasteiger partial charge in [-0.25, -0.2) is 9.98 Å². The Morgan fingerprint density at radius 3 is 2.88 bits per heavy atom. The summed E-state index contributed by atoms with van der Waals surface area (Å²) >= 11 is 0. The van der Waals surface area contributed by atoms with Gasteiger partial charge in [0.15, 0.2) is 6.04 Å². The Morgan fingerprint density at radius 2 is 2.12 bits per heavy atom. The van der Waals surface area contributed by atoms with Gasteiger partial charge >= 0.3 is 0 Å². The normalized spacial score (nSPS) is 18.6. The van der Waals surface area contributed by atoms with Gasteiger partial charge < -0.3 is 24.8 Å². The van der Waals surface area contributed by atoms with Crippen LogP contribution in [0.1, 0.15) is 18.4 Å². The number of methoxy groups -OCH3 is 1. The van der Waals surface area contributed by atoms with Crippen molar-refractivity contribution >= 4 is 34.1 Å². The van der Waals surface area contributed by atoms with Crippen molar-refractivity contribution in [3.05, 3.63) is 42.2 Å². The Labute approximate surface area is 197 Å². The zero-order valence-electron chi connectivity index (χ0n) is 19.3. The van der Waals surface area contributed by atoms with Gasteiger partial charge in [0.1, 0.15) is 6.61 Å². The molecule has 2 aliphatic rings. The van der Waals surface area contributed by atoms with Crippen LogP contribution >= 0.6 is 0 Å². The first-order valence-electron chi connectivity index (χ1n) is 11.4. The third-order valence-corrected chi connectivity index (χ3v) is 6.35. The first-order chi connectivity index (χ1) is 16.5. The van der Waals surface area contributed by atoms with E-state index in [4.69, 9.17) is 9.47 Å². The van der Waals surface area contributed by atoms with Crippen molar-refractivity contribution in [3.63, 3.8) is 0 Å². The van der Waals surface area contributed by atoms with E-state index in [1.807, 2.05) is 25.4 Å². The molecule has 178 valence electrons. The van der Waals surface area contributed by atoms with Gasteiger partial charge in [-0.2, -0.15) is 5.10 Å². The fraction of sp³-hybridized carbons (Fsp3) is 0.417. The largest absolute Gasteiger partial charge is 0.481 e. The molecule has 5 rings (SSSR count). The van der Waals surface area contributed by atoms with E-state index < -0.39 is 6.04 Å². The summed E-state index contributed by atoms with van der Waals surface area (Å²) < 4.78 is 12.6. The Hall–Kier alpha value is -3.66. The molecule has 1 fully saturated rings. The van der Waals surface area contributed by atoms with Crippen molar-refractivity contribution in [3.8, 4) is 5.88 Å². The number of piperidine rings is 1. The molecule has 0 radical (unpaired) electrons. The molecule has 1 unspecified atom stereocenters. The third-order valence-electron chi connectivity index (χ3n) is 6.35. The zero-order chi connectivity index (χ0) is 23.7. The molecule has 1 amide bonds. The molecule has 2 aliphatic heterocycles. The summed E-state index contributed by atoms with van der Waals surface area (Å²) in [6.07, 6.45) is 5.36. The van der Waals surface area contributed by atoms with Crippen LogP contribution in [0.4, 0.5) is 11.4 Å². The molecule has 2 aromatic heterocycles. The predicted molar refractivity (Wildman–Crippen MR) is 128 cm³/mol. The predicted octanol–water partition coefficient (Wildman–Crippen LogP) is 1.97. The number of pyridine rings is 1. The lowest BCUT2D eigenvalue weighted by molar-refractivity contribution is -0.117. The molecule has 2 N–H and O–H groups in total. The fourth-order valence-electron chi connectivity index (χ4n) is 4.44. The number of amides is 1. The molecule has 0 spiro atoms. The van der Waals surface area contributed by atoms with E-state index in [1.165, 1.54) is 0 Å². The van der Waals surface area contributed by atoms with Gasteiger partial charge in [0.05, 0.1) is 24.0 Å². The van der Waals surface area contributed by atoms with Gasteiger partial charge in [-0.15, -0.1) is 0 Å². The van der Waals surface area contributed by atoms with Crippen LogP contribution in [-0.2, 0) is 16.6 Å². The van der Waals surface area contributed by atoms with Crippen LogP contribution in [-0.4, -0.2) is 71.1 Å². The second-order valence-corrected chi connectivity index (χ2v) is 8.68. The van der Waals surface area contributed by atoms with E-state index in [1.54, 1.807) is 30.1 Å². The molecule has 10 heteroatoms. The molecular weight excluding hydrogens is 436 g/mol. The topological polar surface area (TPSA) is 114 Å². The summed E-state index contributed by atoms with van der Waals surface area (Å²) in [5, 5.41) is 18.1. The van der Waals surface area contributed by atoms with Crippen LogP contribution in [0.5, 0.6) is 5.88 Å². The van der Waals surface area contributed by atoms with Crippen molar-refractivity contribution in [2.45, 2.75) is 18.9 Å². The highest BCUT2D eigenvalue weighted by molar-refractivity contribution is 6.04. The highest BCUT2D eigenvalue weighted by atomic mass is 16.5. The van der Waals surface area contributed by atoms with E-state index in [9.17, 15) is 9.90 Å². The standard InChI is InChI=1S/C24H28N6O4/c1-29-12-17-9-19(21(11-18(17)28-29)30-7-4-15(13-31)5-8-30)26-23(32)20-14-34-24(27-20)16-3-6-25-22(10-16)33-2/h3,6,9-12,15,20,31H,4-5,7-8,13-14H2,1-2H3,(H,26,32). The van der Waals surface area contributed by atoms with Gasteiger partial charge in [-0.3, -0.25) is 9.48 Å². The second kappa shape index (κ2) is 9.30.